The maximum Gasteiger partial charge on any atom is 0.150 e. The van der Waals surface area contributed by atoms with Crippen LogP contribution in [0.3, 0.4) is 0 Å². The molecule has 4 N–H and O–H groups in total. The lowest BCUT2D eigenvalue weighted by Crippen LogP contribution is -1.91. The molecule has 232 valence electrons. The average molecular weight is 571 g/mol. The number of hydrogen-bond donors (Lipinski definition) is 0. The zero-order valence-corrected chi connectivity index (χ0v) is 27.6. The van der Waals surface area contributed by atoms with E-state index in [0.717, 1.165) is 11.8 Å². The molecule has 0 aliphatic carbocycles. The molecule has 0 atom stereocenters. The van der Waals surface area contributed by atoms with E-state index in [-0.39, 0.29) is 11.0 Å². The van der Waals surface area contributed by atoms with Gasteiger partial charge in [-0.2, -0.15) is 0 Å². The number of benzene rings is 3. The number of rotatable bonds is 6. The highest BCUT2D eigenvalue weighted by atomic mass is 16.1. The van der Waals surface area contributed by atoms with Gasteiger partial charge in [0.1, 0.15) is 18.9 Å². The SMILES string of the molecule is CC.CC.CC.CC(C)c1cccc(C(C)C)c1.CC(C)c1cccc(C=O)c1.O.O.O=Cc1cccc(C=O)c1. The maximum atomic E-state index is 10.4. The number of carbonyl (C=O) groups excluding carboxylic acids is 3. The minimum absolute atomic E-state index is 0. The first-order valence-electron chi connectivity index (χ1n) is 14.4. The van der Waals surface area contributed by atoms with Gasteiger partial charge in [-0.15, -0.1) is 0 Å². The van der Waals surface area contributed by atoms with Crippen LogP contribution in [0.2, 0.25) is 0 Å². The molecule has 41 heavy (non-hydrogen) atoms. The lowest BCUT2D eigenvalue weighted by atomic mass is 9.96. The van der Waals surface area contributed by atoms with Crippen LogP contribution >= 0.6 is 0 Å². The Bertz CT molecular complexity index is 977. The quantitative estimate of drug-likeness (QED) is 0.275. The fraction of sp³-hybridized carbons (Fsp3) is 0.417. The van der Waals surface area contributed by atoms with E-state index < -0.39 is 0 Å². The van der Waals surface area contributed by atoms with Crippen LogP contribution in [-0.4, -0.2) is 29.8 Å². The molecule has 0 saturated heterocycles. The largest absolute Gasteiger partial charge is 0.412 e. The molecule has 0 aliphatic rings. The van der Waals surface area contributed by atoms with Crippen LogP contribution in [0.5, 0.6) is 0 Å². The van der Waals surface area contributed by atoms with Gasteiger partial charge in [0.15, 0.2) is 0 Å². The fourth-order valence-corrected chi connectivity index (χ4v) is 2.97. The van der Waals surface area contributed by atoms with Gasteiger partial charge in [0.25, 0.3) is 0 Å². The lowest BCUT2D eigenvalue weighted by Gasteiger charge is -2.09. The van der Waals surface area contributed by atoms with Crippen molar-refractivity contribution in [1.29, 1.82) is 0 Å². The van der Waals surface area contributed by atoms with E-state index in [0.29, 0.717) is 41.5 Å². The van der Waals surface area contributed by atoms with E-state index >= 15 is 0 Å². The average Bonchev–Trinajstić information content (AvgIpc) is 3.00. The zero-order chi connectivity index (χ0) is 30.8. The molecular formula is C36H58O5. The van der Waals surface area contributed by atoms with Gasteiger partial charge in [-0.1, -0.05) is 144 Å². The molecule has 0 amide bonds. The Morgan fingerprint density at radius 1 is 0.415 bits per heavy atom. The van der Waals surface area contributed by atoms with E-state index in [1.165, 1.54) is 16.7 Å². The van der Waals surface area contributed by atoms with Gasteiger partial charge in [0.05, 0.1) is 0 Å². The minimum Gasteiger partial charge on any atom is -0.412 e. The summed E-state index contributed by atoms with van der Waals surface area (Å²) in [5.41, 5.74) is 5.93. The van der Waals surface area contributed by atoms with E-state index in [1.807, 2.05) is 65.8 Å². The standard InChI is InChI=1S/C12H18.C10H12O.C8H6O2.3C2H6.2H2O/c1-9(2)11-6-5-7-12(8-11)10(3)4;1-8(2)10-5-3-4-9(6-10)7-11;9-5-7-2-1-3-8(4-7)6-10;3*1-2;;/h5-10H,1-4H3;3-8H,1-2H3;1-6H;3*1-2H3;2*1H2. The van der Waals surface area contributed by atoms with Crippen molar-refractivity contribution in [3.8, 4) is 0 Å². The van der Waals surface area contributed by atoms with E-state index in [9.17, 15) is 14.4 Å². The zero-order valence-electron chi connectivity index (χ0n) is 27.6. The highest BCUT2D eigenvalue weighted by Crippen LogP contribution is 2.20. The molecule has 3 aromatic carbocycles. The highest BCUT2D eigenvalue weighted by molar-refractivity contribution is 5.81. The summed E-state index contributed by atoms with van der Waals surface area (Å²) < 4.78 is 0. The third-order valence-electron chi connectivity index (χ3n) is 5.14. The number of aldehydes is 3. The molecule has 0 heterocycles. The van der Waals surface area contributed by atoms with Crippen molar-refractivity contribution in [3.05, 3.63) is 106 Å². The molecule has 0 saturated carbocycles. The van der Waals surface area contributed by atoms with E-state index in [1.54, 1.807) is 24.3 Å². The molecule has 5 nitrogen and oxygen atoms in total. The normalized spacial score (nSPS) is 8.56. The van der Waals surface area contributed by atoms with E-state index in [2.05, 4.69) is 65.8 Å². The Hall–Kier alpha value is -3.41. The summed E-state index contributed by atoms with van der Waals surface area (Å²) in [4.78, 5) is 30.7. The molecule has 0 bridgehead atoms. The van der Waals surface area contributed by atoms with Gasteiger partial charge in [0.2, 0.25) is 0 Å². The Morgan fingerprint density at radius 3 is 0.951 bits per heavy atom. The summed E-state index contributed by atoms with van der Waals surface area (Å²) >= 11 is 0. The number of carbonyl (C=O) groups is 3. The molecule has 0 radical (unpaired) electrons. The van der Waals surface area contributed by atoms with Gasteiger partial charge < -0.3 is 11.0 Å². The van der Waals surface area contributed by atoms with Gasteiger partial charge in [-0.25, -0.2) is 0 Å². The molecule has 0 fully saturated rings. The molecule has 0 aliphatic heterocycles. The first-order chi connectivity index (χ1) is 18.7. The van der Waals surface area contributed by atoms with E-state index in [4.69, 9.17) is 0 Å². The Labute approximate surface area is 251 Å². The molecule has 3 rings (SSSR count). The molecule has 0 unspecified atom stereocenters. The molecule has 3 aromatic rings. The fourth-order valence-electron chi connectivity index (χ4n) is 2.97. The van der Waals surface area contributed by atoms with Gasteiger partial charge in [-0.3, -0.25) is 14.4 Å². The molecule has 0 aromatic heterocycles. The third kappa shape index (κ3) is 22.0. The van der Waals surface area contributed by atoms with Crippen LogP contribution in [0, 0.1) is 0 Å². The van der Waals surface area contributed by atoms with Crippen molar-refractivity contribution in [3.63, 3.8) is 0 Å². The Kier molecular flexibility index (Phi) is 36.0. The Balaban J connectivity index is -0.000000142. The number of hydrogen-bond acceptors (Lipinski definition) is 3. The summed E-state index contributed by atoms with van der Waals surface area (Å²) in [7, 11) is 0. The summed E-state index contributed by atoms with van der Waals surface area (Å²) in [5, 5.41) is 0. The topological polar surface area (TPSA) is 114 Å². The maximum absolute atomic E-state index is 10.4. The van der Waals surface area contributed by atoms with Crippen LogP contribution < -0.4 is 0 Å². The van der Waals surface area contributed by atoms with Crippen molar-refractivity contribution < 1.29 is 25.3 Å². The second-order valence-corrected chi connectivity index (χ2v) is 8.83. The second kappa shape index (κ2) is 31.1. The molecule has 5 heteroatoms. The van der Waals surface area contributed by atoms with Gasteiger partial charge in [-0.05, 0) is 46.6 Å². The first-order valence-corrected chi connectivity index (χ1v) is 14.4. The predicted octanol–water partition coefficient (Wildman–Crippen LogP) is 9.30. The minimum atomic E-state index is 0. The van der Waals surface area contributed by atoms with Crippen molar-refractivity contribution >= 4 is 18.9 Å². The van der Waals surface area contributed by atoms with Crippen LogP contribution in [-0.2, 0) is 0 Å². The van der Waals surface area contributed by atoms with Crippen molar-refractivity contribution in [2.75, 3.05) is 0 Å². The lowest BCUT2D eigenvalue weighted by molar-refractivity contribution is 0.111. The van der Waals surface area contributed by atoms with Gasteiger partial charge in [0, 0.05) is 16.7 Å². The van der Waals surface area contributed by atoms with Crippen LogP contribution in [0.15, 0.2) is 72.8 Å². The molecular weight excluding hydrogens is 512 g/mol. The van der Waals surface area contributed by atoms with Crippen molar-refractivity contribution in [2.24, 2.45) is 0 Å². The predicted molar refractivity (Wildman–Crippen MR) is 179 cm³/mol. The van der Waals surface area contributed by atoms with Crippen molar-refractivity contribution in [1.82, 2.24) is 0 Å². The highest BCUT2D eigenvalue weighted by Gasteiger charge is 2.02. The smallest absolute Gasteiger partial charge is 0.150 e. The third-order valence-corrected chi connectivity index (χ3v) is 5.14. The monoisotopic (exact) mass is 570 g/mol. The van der Waals surface area contributed by atoms with Crippen LogP contribution in [0.25, 0.3) is 0 Å². The molecule has 0 spiro atoms. The summed E-state index contributed by atoms with van der Waals surface area (Å²) in [5.74, 6) is 1.78. The summed E-state index contributed by atoms with van der Waals surface area (Å²) in [6.07, 6.45) is 2.31. The van der Waals surface area contributed by atoms with Crippen molar-refractivity contribution in [2.45, 2.75) is 101 Å². The second-order valence-electron chi connectivity index (χ2n) is 8.83. The Morgan fingerprint density at radius 2 is 0.659 bits per heavy atom. The van der Waals surface area contributed by atoms with Gasteiger partial charge >= 0.3 is 0 Å². The van der Waals surface area contributed by atoms with Crippen LogP contribution in [0.4, 0.5) is 0 Å². The summed E-state index contributed by atoms with van der Waals surface area (Å²) in [6.45, 7) is 25.2. The first kappa shape index (κ1) is 47.4. The summed E-state index contributed by atoms with van der Waals surface area (Å²) in [6, 6.07) is 23.1. The van der Waals surface area contributed by atoms with Crippen LogP contribution in [0.1, 0.15) is 149 Å².